The number of rotatable bonds is 8. The number of hydrogen-bond acceptors (Lipinski definition) is 9. The van der Waals surface area contributed by atoms with Gasteiger partial charge in [0.25, 0.3) is 10.4 Å². The van der Waals surface area contributed by atoms with Crippen molar-refractivity contribution in [3.05, 3.63) is 95.6 Å². The molecule has 0 radical (unpaired) electrons. The van der Waals surface area contributed by atoms with E-state index in [0.717, 1.165) is 39.9 Å². The Labute approximate surface area is 295 Å². The van der Waals surface area contributed by atoms with Gasteiger partial charge in [-0.3, -0.25) is 9.56 Å². The maximum atomic E-state index is 10.9. The van der Waals surface area contributed by atoms with Gasteiger partial charge in [0.15, 0.2) is 0 Å². The third-order valence-electron chi connectivity index (χ3n) is 4.56. The van der Waals surface area contributed by atoms with Crippen LogP contribution in [0.2, 0.25) is 0 Å². The fraction of sp³-hybridized carbons (Fsp3) is 0.259. The third-order valence-corrected chi connectivity index (χ3v) is 4.95. The zero-order valence-electron chi connectivity index (χ0n) is 22.1. The van der Waals surface area contributed by atoms with Gasteiger partial charge < -0.3 is 13.3 Å². The molecule has 3 aromatic carbocycles. The molecule has 0 aliphatic heterocycles. The molecule has 0 bridgehead atoms. The quantitative estimate of drug-likeness (QED) is 0.0686. The molecule has 0 fully saturated rings. The average molecular weight is 641 g/mol. The summed E-state index contributed by atoms with van der Waals surface area (Å²) in [6.45, 7) is 2.07. The van der Waals surface area contributed by atoms with Gasteiger partial charge in [-0.1, -0.05) is 58.7 Å². The van der Waals surface area contributed by atoms with Crippen LogP contribution < -0.4 is 63.3 Å². The Kier molecular flexibility index (Phi) is 24.8. The van der Waals surface area contributed by atoms with E-state index < -0.39 is 20.8 Å². The number of allylic oxidation sites excluding steroid dienone is 1. The summed E-state index contributed by atoms with van der Waals surface area (Å²) in [5.41, 5.74) is 5.70. The van der Waals surface area contributed by atoms with Crippen molar-refractivity contribution in [2.75, 3.05) is 14.1 Å². The molecule has 0 atom stereocenters. The van der Waals surface area contributed by atoms with E-state index in [0.29, 0.717) is 0 Å². The average Bonchev–Trinajstić information content (AvgIpc) is 2.81. The monoisotopic (exact) mass is 640 g/mol. The largest absolute Gasteiger partial charge is 1.00 e. The second-order valence-electron chi connectivity index (χ2n) is 7.52. The standard InChI is InChI=1S/C24H24N3O4S.3CH4.2Na.H2O4S/c1-4-23(18-10-14-21(15-11-18)25-26-27(2)3)24(19-8-6-5-7-9-19)20-12-16-22(17-13-20)31-32(28,29)30;;;;;;1-5(2,3)4/h6-17H,4H2,1-3H3,(H,28,29,30);3*1H4;;;(H2,1,2,3,4)/q-1;;;;2*+1;/p-2/b24-23-,26-25?;;;;;;. The molecule has 3 rings (SSSR count). The van der Waals surface area contributed by atoms with Crippen LogP contribution in [0.3, 0.4) is 0 Å². The molecule has 0 spiro atoms. The van der Waals surface area contributed by atoms with Gasteiger partial charge in [0, 0.05) is 14.1 Å². The molecule has 1 N–H and O–H groups in total. The summed E-state index contributed by atoms with van der Waals surface area (Å²) in [6, 6.07) is 24.9. The van der Waals surface area contributed by atoms with E-state index in [1.54, 1.807) is 17.1 Å². The molecule has 222 valence electrons. The first-order valence-electron chi connectivity index (χ1n) is 10.6. The predicted octanol–water partition coefficient (Wildman–Crippen LogP) is 0.176. The van der Waals surface area contributed by atoms with Crippen LogP contribution in [0.15, 0.2) is 83.1 Å². The van der Waals surface area contributed by atoms with E-state index in [2.05, 4.69) is 27.5 Å². The Morgan fingerprint density at radius 2 is 1.26 bits per heavy atom. The summed E-state index contributed by atoms with van der Waals surface area (Å²) in [7, 11) is -6.13. The van der Waals surface area contributed by atoms with Crippen molar-refractivity contribution >= 4 is 37.6 Å². The molecule has 11 nitrogen and oxygen atoms in total. The van der Waals surface area contributed by atoms with E-state index in [4.69, 9.17) is 17.5 Å². The smallest absolute Gasteiger partial charge is 0.726 e. The Hall–Kier alpha value is -1.62. The molecule has 3 aromatic rings. The SMILES string of the molecule is C.C.C.CC/C(=C(\c1cc[c-]cc1)c1ccc(OS(=O)(=O)[O-])cc1)c1ccc(N=NN(C)C)cc1.O=S(=O)([O-])O.[Na+].[Na+]. The molecule has 0 saturated heterocycles. The van der Waals surface area contributed by atoms with Gasteiger partial charge in [-0.25, -0.2) is 16.8 Å². The van der Waals surface area contributed by atoms with E-state index in [-0.39, 0.29) is 87.1 Å². The second kappa shape index (κ2) is 22.0. The van der Waals surface area contributed by atoms with Gasteiger partial charge in [0.2, 0.25) is 10.4 Å². The van der Waals surface area contributed by atoms with Crippen molar-refractivity contribution in [2.45, 2.75) is 35.6 Å². The van der Waals surface area contributed by atoms with Crippen LogP contribution in [0.4, 0.5) is 5.69 Å². The fourth-order valence-electron chi connectivity index (χ4n) is 3.26. The summed E-state index contributed by atoms with van der Waals surface area (Å²) in [5, 5.41) is 9.82. The van der Waals surface area contributed by atoms with E-state index >= 15 is 0 Å². The molecule has 15 heteroatoms. The Balaban J connectivity index is -0.000000667. The Bertz CT molecular complexity index is 1440. The number of benzene rings is 3. The van der Waals surface area contributed by atoms with Crippen molar-refractivity contribution in [2.24, 2.45) is 10.3 Å². The van der Waals surface area contributed by atoms with Gasteiger partial charge in [0.1, 0.15) is 5.75 Å². The first kappa shape index (κ1) is 47.3. The van der Waals surface area contributed by atoms with Crippen LogP contribution in [-0.4, -0.2) is 49.6 Å². The van der Waals surface area contributed by atoms with Gasteiger partial charge in [-0.15, -0.1) is 10.7 Å². The molecule has 0 aromatic heterocycles. The molecule has 0 aliphatic carbocycles. The van der Waals surface area contributed by atoms with Crippen molar-refractivity contribution in [1.29, 1.82) is 0 Å². The van der Waals surface area contributed by atoms with Crippen LogP contribution in [0.5, 0.6) is 5.75 Å². The van der Waals surface area contributed by atoms with Crippen LogP contribution in [-0.2, 0) is 20.8 Å². The van der Waals surface area contributed by atoms with E-state index in [1.807, 2.05) is 62.6 Å². The zero-order valence-corrected chi connectivity index (χ0v) is 27.7. The maximum Gasteiger partial charge on any atom is 1.00 e. The van der Waals surface area contributed by atoms with E-state index in [1.165, 1.54) is 12.1 Å². The minimum absolute atomic E-state index is 0. The fourth-order valence-corrected chi connectivity index (χ4v) is 3.61. The summed E-state index contributed by atoms with van der Waals surface area (Å²) >= 11 is 0. The summed E-state index contributed by atoms with van der Waals surface area (Å²) in [4.78, 5) is 0. The van der Waals surface area contributed by atoms with Gasteiger partial charge in [-0.2, -0.15) is 30.3 Å². The molecular weight excluding hydrogens is 604 g/mol. The van der Waals surface area contributed by atoms with Gasteiger partial charge in [0.05, 0.1) is 5.69 Å². The molecule has 42 heavy (non-hydrogen) atoms. The van der Waals surface area contributed by atoms with E-state index in [9.17, 15) is 13.0 Å². The van der Waals surface area contributed by atoms with Crippen molar-refractivity contribution in [1.82, 2.24) is 5.01 Å². The second-order valence-corrected chi connectivity index (χ2v) is 9.36. The first-order chi connectivity index (χ1) is 17.3. The first-order valence-corrected chi connectivity index (χ1v) is 13.3. The van der Waals surface area contributed by atoms with Crippen LogP contribution in [0, 0.1) is 6.07 Å². The molecule has 0 saturated carbocycles. The topological polar surface area (TPSA) is 172 Å². The zero-order chi connectivity index (χ0) is 27.6. The van der Waals surface area contributed by atoms with Gasteiger partial charge in [-0.05, 0) is 53.0 Å². The Morgan fingerprint density at radius 3 is 1.67 bits per heavy atom. The summed E-state index contributed by atoms with van der Waals surface area (Å²) in [5.74, 6) is -0.0295. The minimum Gasteiger partial charge on any atom is -0.726 e. The molecule has 0 aliphatic rings. The van der Waals surface area contributed by atoms with Crippen LogP contribution in [0.1, 0.15) is 52.3 Å². The molecular formula is C27H36N3Na2O8S2-. The molecule has 0 amide bonds. The van der Waals surface area contributed by atoms with Crippen molar-refractivity contribution in [3.63, 3.8) is 0 Å². The van der Waals surface area contributed by atoms with Crippen molar-refractivity contribution < 1.29 is 93.8 Å². The van der Waals surface area contributed by atoms with Crippen LogP contribution in [0.25, 0.3) is 11.1 Å². The van der Waals surface area contributed by atoms with Gasteiger partial charge >= 0.3 is 59.1 Å². The number of hydrogen-bond donors (Lipinski definition) is 1. The minimum atomic E-state index is -4.92. The predicted molar refractivity (Wildman–Crippen MR) is 155 cm³/mol. The van der Waals surface area contributed by atoms with Crippen molar-refractivity contribution in [3.8, 4) is 5.75 Å². The number of nitrogens with zero attached hydrogens (tertiary/aromatic N) is 3. The summed E-state index contributed by atoms with van der Waals surface area (Å²) in [6.07, 6.45) is 0.750. The summed E-state index contributed by atoms with van der Waals surface area (Å²) < 4.78 is 69.9. The Morgan fingerprint density at radius 1 is 0.833 bits per heavy atom. The normalized spacial score (nSPS) is 10.9. The maximum absolute atomic E-state index is 10.9. The third kappa shape index (κ3) is 18.1. The molecule has 0 heterocycles. The van der Waals surface area contributed by atoms with Crippen LogP contribution >= 0.6 is 0 Å². The molecule has 0 unspecified atom stereocenters.